The topological polar surface area (TPSA) is 80.6 Å². The number of hydrogen-bond donors (Lipinski definition) is 2. The highest BCUT2D eigenvalue weighted by Crippen LogP contribution is 2.17. The minimum absolute atomic E-state index is 0.109. The van der Waals surface area contributed by atoms with E-state index in [9.17, 15) is 4.79 Å². The van der Waals surface area contributed by atoms with Gasteiger partial charge in [-0.1, -0.05) is 0 Å². The lowest BCUT2D eigenvalue weighted by Gasteiger charge is -2.05. The Morgan fingerprint density at radius 2 is 2.50 bits per heavy atom. The molecule has 14 heavy (non-hydrogen) atoms. The molecule has 1 aliphatic heterocycles. The van der Waals surface area contributed by atoms with Crippen LogP contribution < -0.4 is 11.2 Å². The number of carbonyl (C=O) groups excluding carboxylic acids is 1. The molecule has 1 aromatic heterocycles. The molecule has 0 saturated carbocycles. The van der Waals surface area contributed by atoms with Gasteiger partial charge in [-0.25, -0.2) is 5.43 Å². The van der Waals surface area contributed by atoms with Gasteiger partial charge in [0.1, 0.15) is 5.71 Å². The lowest BCUT2D eigenvalue weighted by Crippen LogP contribution is -2.25. The number of hydrogen-bond acceptors (Lipinski definition) is 4. The van der Waals surface area contributed by atoms with Crippen LogP contribution in [-0.2, 0) is 4.79 Å². The molecule has 5 heteroatoms. The lowest BCUT2D eigenvalue weighted by atomic mass is 9.98. The van der Waals surface area contributed by atoms with Gasteiger partial charge in [0.15, 0.2) is 5.76 Å². The van der Waals surface area contributed by atoms with E-state index < -0.39 is 0 Å². The van der Waals surface area contributed by atoms with Crippen molar-refractivity contribution in [3.63, 3.8) is 0 Å². The van der Waals surface area contributed by atoms with Gasteiger partial charge in [0.2, 0.25) is 5.91 Å². The Labute approximate surface area is 81.0 Å². The highest BCUT2D eigenvalue weighted by Gasteiger charge is 2.31. The Bertz CT molecular complexity index is 356. The highest BCUT2D eigenvalue weighted by molar-refractivity contribution is 6.14. The SMILES string of the molecule is NCCC1C(=O)NN=C1c1ccco1. The molecule has 1 amide bonds. The summed E-state index contributed by atoms with van der Waals surface area (Å²) in [5.74, 6) is 0.245. The summed E-state index contributed by atoms with van der Waals surface area (Å²) < 4.78 is 5.18. The van der Waals surface area contributed by atoms with E-state index in [1.807, 2.05) is 0 Å². The number of hydrazone groups is 1. The summed E-state index contributed by atoms with van der Waals surface area (Å²) in [5, 5.41) is 3.93. The quantitative estimate of drug-likeness (QED) is 0.713. The minimum Gasteiger partial charge on any atom is -0.463 e. The third kappa shape index (κ3) is 1.42. The molecular formula is C9H11N3O2. The van der Waals surface area contributed by atoms with Crippen LogP contribution in [0.15, 0.2) is 27.9 Å². The molecule has 0 fully saturated rings. The molecule has 0 aliphatic carbocycles. The van der Waals surface area contributed by atoms with Gasteiger partial charge in [-0.2, -0.15) is 5.10 Å². The van der Waals surface area contributed by atoms with Crippen LogP contribution in [-0.4, -0.2) is 18.2 Å². The maximum atomic E-state index is 11.3. The number of amides is 1. The number of furan rings is 1. The van der Waals surface area contributed by atoms with Crippen LogP contribution in [0, 0.1) is 5.92 Å². The van der Waals surface area contributed by atoms with Crippen LogP contribution in [0.5, 0.6) is 0 Å². The van der Waals surface area contributed by atoms with Gasteiger partial charge in [-0.3, -0.25) is 4.79 Å². The summed E-state index contributed by atoms with van der Waals surface area (Å²) in [6.07, 6.45) is 2.14. The lowest BCUT2D eigenvalue weighted by molar-refractivity contribution is -0.122. The third-order valence-corrected chi connectivity index (χ3v) is 2.16. The summed E-state index contributed by atoms with van der Waals surface area (Å²) in [4.78, 5) is 11.3. The molecule has 74 valence electrons. The second kappa shape index (κ2) is 3.63. The largest absolute Gasteiger partial charge is 0.463 e. The molecule has 1 aromatic rings. The summed E-state index contributed by atoms with van der Waals surface area (Å²) in [6, 6.07) is 3.54. The standard InChI is InChI=1S/C9H11N3O2/c10-4-3-6-8(11-12-9(6)13)7-2-1-5-14-7/h1-2,5-6H,3-4,10H2,(H,12,13). The summed E-state index contributed by atoms with van der Waals surface area (Å²) in [7, 11) is 0. The zero-order chi connectivity index (χ0) is 9.97. The van der Waals surface area contributed by atoms with Gasteiger partial charge in [0, 0.05) is 0 Å². The predicted molar refractivity (Wildman–Crippen MR) is 50.5 cm³/mol. The molecule has 0 radical (unpaired) electrons. The Morgan fingerprint density at radius 1 is 1.64 bits per heavy atom. The Kier molecular flexibility index (Phi) is 2.32. The second-order valence-electron chi connectivity index (χ2n) is 3.08. The Morgan fingerprint density at radius 3 is 3.14 bits per heavy atom. The number of rotatable bonds is 3. The molecule has 0 bridgehead atoms. The highest BCUT2D eigenvalue weighted by atomic mass is 16.3. The van der Waals surface area contributed by atoms with Crippen LogP contribution in [0.2, 0.25) is 0 Å². The van der Waals surface area contributed by atoms with E-state index in [1.54, 1.807) is 18.4 Å². The van der Waals surface area contributed by atoms with Gasteiger partial charge in [0.05, 0.1) is 12.2 Å². The van der Waals surface area contributed by atoms with Crippen molar-refractivity contribution in [3.8, 4) is 0 Å². The summed E-state index contributed by atoms with van der Waals surface area (Å²) >= 11 is 0. The van der Waals surface area contributed by atoms with Crippen molar-refractivity contribution in [2.24, 2.45) is 16.8 Å². The average molecular weight is 193 g/mol. The summed E-state index contributed by atoms with van der Waals surface area (Å²) in [6.45, 7) is 0.456. The zero-order valence-corrected chi connectivity index (χ0v) is 7.56. The van der Waals surface area contributed by atoms with Gasteiger partial charge < -0.3 is 10.2 Å². The average Bonchev–Trinajstić information content (AvgIpc) is 2.77. The third-order valence-electron chi connectivity index (χ3n) is 2.16. The van der Waals surface area contributed by atoms with Crippen molar-refractivity contribution in [2.75, 3.05) is 6.54 Å². The minimum atomic E-state index is -0.272. The smallest absolute Gasteiger partial charge is 0.249 e. The fourth-order valence-electron chi connectivity index (χ4n) is 1.48. The van der Waals surface area contributed by atoms with Crippen LogP contribution in [0.1, 0.15) is 12.2 Å². The van der Waals surface area contributed by atoms with Crippen molar-refractivity contribution in [2.45, 2.75) is 6.42 Å². The van der Waals surface area contributed by atoms with Crippen molar-refractivity contribution >= 4 is 11.6 Å². The normalized spacial score (nSPS) is 20.8. The molecule has 3 N–H and O–H groups in total. The van der Waals surface area contributed by atoms with E-state index in [0.717, 1.165) is 0 Å². The molecule has 5 nitrogen and oxygen atoms in total. The molecule has 0 saturated heterocycles. The zero-order valence-electron chi connectivity index (χ0n) is 7.56. The predicted octanol–water partition coefficient (Wildman–Crippen LogP) is 0.0785. The first-order valence-electron chi connectivity index (χ1n) is 4.44. The van der Waals surface area contributed by atoms with E-state index >= 15 is 0 Å². The van der Waals surface area contributed by atoms with E-state index in [-0.39, 0.29) is 11.8 Å². The van der Waals surface area contributed by atoms with Gasteiger partial charge >= 0.3 is 0 Å². The van der Waals surface area contributed by atoms with Gasteiger partial charge in [0.25, 0.3) is 0 Å². The van der Waals surface area contributed by atoms with Gasteiger partial charge in [-0.15, -0.1) is 0 Å². The summed E-state index contributed by atoms with van der Waals surface area (Å²) in [5.41, 5.74) is 8.49. The monoisotopic (exact) mass is 193 g/mol. The number of nitrogens with zero attached hydrogens (tertiary/aromatic N) is 1. The van der Waals surface area contributed by atoms with E-state index in [4.69, 9.17) is 10.2 Å². The molecule has 2 heterocycles. The van der Waals surface area contributed by atoms with Crippen LogP contribution >= 0.6 is 0 Å². The molecule has 2 rings (SSSR count). The molecule has 1 unspecified atom stereocenters. The molecule has 1 aliphatic rings. The van der Waals surface area contributed by atoms with Crippen molar-refractivity contribution < 1.29 is 9.21 Å². The maximum absolute atomic E-state index is 11.3. The second-order valence-corrected chi connectivity index (χ2v) is 3.08. The van der Waals surface area contributed by atoms with Crippen LogP contribution in [0.25, 0.3) is 0 Å². The van der Waals surface area contributed by atoms with E-state index in [1.165, 1.54) is 0 Å². The molecular weight excluding hydrogens is 182 g/mol. The van der Waals surface area contributed by atoms with Crippen molar-refractivity contribution in [3.05, 3.63) is 24.2 Å². The fraction of sp³-hybridized carbons (Fsp3) is 0.333. The first kappa shape index (κ1) is 8.96. The first-order valence-corrected chi connectivity index (χ1v) is 4.44. The Hall–Kier alpha value is -1.62. The molecule has 0 spiro atoms. The van der Waals surface area contributed by atoms with Crippen molar-refractivity contribution in [1.82, 2.24) is 5.43 Å². The van der Waals surface area contributed by atoms with E-state index in [0.29, 0.717) is 24.4 Å². The number of carbonyl (C=O) groups is 1. The van der Waals surface area contributed by atoms with E-state index in [2.05, 4.69) is 10.5 Å². The van der Waals surface area contributed by atoms with Gasteiger partial charge in [-0.05, 0) is 25.1 Å². The molecule has 1 atom stereocenters. The number of nitrogens with one attached hydrogen (secondary N) is 1. The Balaban J connectivity index is 2.23. The fourth-order valence-corrected chi connectivity index (χ4v) is 1.48. The first-order chi connectivity index (χ1) is 6.83. The number of nitrogens with two attached hydrogens (primary N) is 1. The van der Waals surface area contributed by atoms with Crippen LogP contribution in [0.3, 0.4) is 0 Å². The molecule has 0 aromatic carbocycles. The maximum Gasteiger partial charge on any atom is 0.249 e. The van der Waals surface area contributed by atoms with Crippen molar-refractivity contribution in [1.29, 1.82) is 0 Å². The van der Waals surface area contributed by atoms with Crippen LogP contribution in [0.4, 0.5) is 0 Å².